The monoisotopic (exact) mass is 452 g/mol. The number of hydrogen-bond acceptors (Lipinski definition) is 0. The predicted octanol–water partition coefficient (Wildman–Crippen LogP) is 7.77. The molecule has 0 aromatic carbocycles. The second-order valence-corrected chi connectivity index (χ2v) is 51.7. The third-order valence-corrected chi connectivity index (χ3v) is 73.9. The van der Waals surface area contributed by atoms with E-state index in [2.05, 4.69) is 62.5 Å². The summed E-state index contributed by atoms with van der Waals surface area (Å²) in [4.78, 5) is 0. The van der Waals surface area contributed by atoms with Gasteiger partial charge in [0.15, 0.2) is 0 Å². The lowest BCUT2D eigenvalue weighted by molar-refractivity contribution is 4.66. The molecule has 0 aliphatic heterocycles. The summed E-state index contributed by atoms with van der Waals surface area (Å²) in [6.07, 6.45) is 0. The van der Waals surface area contributed by atoms with Crippen LogP contribution >= 0.6 is 113 Å². The van der Waals surface area contributed by atoms with E-state index < -0.39 is 7.90 Å². The minimum absolute atomic E-state index is 0.0545. The van der Waals surface area contributed by atoms with Gasteiger partial charge in [0.2, 0.25) is 0 Å². The molecular weight excluding hydrogens is 434 g/mol. The molecule has 0 nitrogen and oxygen atoms in total. The summed E-state index contributed by atoms with van der Waals surface area (Å²) < 4.78 is 8.56. The van der Waals surface area contributed by atoms with Crippen LogP contribution in [-0.4, -0.2) is 1.28 Å². The standard InChI is InChI=1S/H16P14/c1-8-13(10(2)3)9-14(11(4)5)12(6)7/h8-9H,1-7H2/i9T. The first-order chi connectivity index (χ1) is 6.82. The molecular formula is H16P14. The quantitative estimate of drug-likeness (QED) is 0.362. The molecule has 0 heterocycles. The fourth-order valence-electron chi connectivity index (χ4n) is 0.426. The number of hydrogen-bond donors (Lipinski definition) is 0. The molecule has 0 fully saturated rings. The van der Waals surface area contributed by atoms with Crippen LogP contribution < -0.4 is 0 Å². The second kappa shape index (κ2) is 11.7. The highest BCUT2D eigenvalue weighted by molar-refractivity contribution is 9.19. The zero-order valence-electron chi connectivity index (χ0n) is 8.22. The first kappa shape index (κ1) is 18.1. The van der Waals surface area contributed by atoms with Gasteiger partial charge in [-0.25, -0.2) is 0 Å². The van der Waals surface area contributed by atoms with E-state index >= 15 is 0 Å². The maximum absolute atomic E-state index is 8.56. The molecule has 0 saturated heterocycles. The Labute approximate surface area is 114 Å². The minimum atomic E-state index is -0.493. The molecule has 10 unspecified atom stereocenters. The lowest BCUT2D eigenvalue weighted by Crippen LogP contribution is -1.40. The molecule has 14 heavy (non-hydrogen) atoms. The van der Waals surface area contributed by atoms with Crippen LogP contribution in [0.4, 0.5) is 0 Å². The first-order valence-electron chi connectivity index (χ1n) is 3.51. The van der Waals surface area contributed by atoms with Crippen LogP contribution in [0.25, 0.3) is 0 Å². The average molecular weight is 452 g/mol. The topological polar surface area (TPSA) is 0 Å². The first-order valence-corrected chi connectivity index (χ1v) is 27.6. The van der Waals surface area contributed by atoms with Crippen molar-refractivity contribution < 1.29 is 0 Å². The fraction of sp³-hybridized carbons (Fsp3) is 0. The van der Waals surface area contributed by atoms with E-state index in [4.69, 9.17) is 1.28 Å². The van der Waals surface area contributed by atoms with E-state index in [9.17, 15) is 0 Å². The van der Waals surface area contributed by atoms with Crippen LogP contribution in [0.15, 0.2) is 0 Å². The number of rotatable bonds is 6. The van der Waals surface area contributed by atoms with Crippen molar-refractivity contribution in [3.05, 3.63) is 0 Å². The van der Waals surface area contributed by atoms with Gasteiger partial charge in [0, 0.05) is 0 Å². The summed E-state index contributed by atoms with van der Waals surface area (Å²) in [7, 11) is 21.0. The van der Waals surface area contributed by atoms with E-state index in [1.165, 1.54) is 0 Å². The SMILES string of the molecule is [3H]P(P(PP)P(P)P)P(P(P)P)P(P)P. The highest BCUT2D eigenvalue weighted by atomic mass is 33.2. The van der Waals surface area contributed by atoms with Crippen LogP contribution in [0.5, 0.6) is 0 Å². The molecule has 0 saturated carbocycles. The summed E-state index contributed by atoms with van der Waals surface area (Å²) in [5.41, 5.74) is 0. The van der Waals surface area contributed by atoms with Gasteiger partial charge in [-0.15, -0.1) is 62.5 Å². The molecule has 0 bridgehead atoms. The molecule has 0 aliphatic carbocycles. The van der Waals surface area contributed by atoms with Crippen molar-refractivity contribution in [1.82, 2.24) is 0 Å². The summed E-state index contributed by atoms with van der Waals surface area (Å²) in [6, 6.07) is 0. The molecule has 86 valence electrons. The molecule has 0 amide bonds. The Morgan fingerprint density at radius 2 is 1.29 bits per heavy atom. The average Bonchev–Trinajstić information content (AvgIpc) is 2.02. The van der Waals surface area contributed by atoms with Crippen LogP contribution in [-0.2, 0) is 0 Å². The minimum Gasteiger partial charge on any atom is -0.109 e. The summed E-state index contributed by atoms with van der Waals surface area (Å²) in [5, 5.41) is 0. The van der Waals surface area contributed by atoms with Gasteiger partial charge in [-0.2, -0.15) is 0 Å². The van der Waals surface area contributed by atoms with Gasteiger partial charge in [0.05, 0.1) is 1.28 Å². The normalized spacial score (nSPS) is 18.9. The van der Waals surface area contributed by atoms with Crippen LogP contribution in [0.3, 0.4) is 0 Å². The largest absolute Gasteiger partial charge is 0.109 e. The summed E-state index contributed by atoms with van der Waals surface area (Å²) in [5.74, 6) is 0. The van der Waals surface area contributed by atoms with Crippen molar-refractivity contribution in [1.29, 1.82) is 1.28 Å². The maximum atomic E-state index is 8.56. The van der Waals surface area contributed by atoms with Crippen molar-refractivity contribution in [3.63, 3.8) is 0 Å². The molecule has 0 spiro atoms. The fourth-order valence-corrected chi connectivity index (χ4v) is 104. The zero-order valence-corrected chi connectivity index (χ0v) is 21.7. The Morgan fingerprint density at radius 1 is 0.857 bits per heavy atom. The third-order valence-electron chi connectivity index (χ3n) is 0.912. The Hall–Kier alpha value is 6.02. The van der Waals surface area contributed by atoms with Gasteiger partial charge in [-0.3, -0.25) is 0 Å². The van der Waals surface area contributed by atoms with Gasteiger partial charge in [0.1, 0.15) is 0 Å². The Balaban J connectivity index is 4.67. The van der Waals surface area contributed by atoms with Gasteiger partial charge < -0.3 is 0 Å². The zero-order chi connectivity index (χ0) is 12.2. The molecule has 0 aliphatic rings. The van der Waals surface area contributed by atoms with Gasteiger partial charge in [-0.1, -0.05) is 15.9 Å². The van der Waals surface area contributed by atoms with Crippen molar-refractivity contribution in [3.8, 4) is 0 Å². The lowest BCUT2D eigenvalue weighted by atomic mass is 28.7. The van der Waals surface area contributed by atoms with Crippen LogP contribution in [0.1, 0.15) is 0 Å². The molecule has 14 heteroatoms. The summed E-state index contributed by atoms with van der Waals surface area (Å²) >= 11 is 0. The third kappa shape index (κ3) is 9.05. The second-order valence-electron chi connectivity index (χ2n) is 1.92. The summed E-state index contributed by atoms with van der Waals surface area (Å²) in [6.45, 7) is -0.361. The smallest absolute Gasteiger partial charge is 0.0689 e. The molecule has 0 N–H and O–H groups in total. The molecule has 0 aromatic rings. The Kier molecular flexibility index (Phi) is 15.0. The Bertz CT molecular complexity index is 153. The van der Waals surface area contributed by atoms with E-state index in [-0.39, 0.29) is 34.9 Å². The van der Waals surface area contributed by atoms with Gasteiger partial charge in [0.25, 0.3) is 0 Å². The highest BCUT2D eigenvalue weighted by Gasteiger charge is 2.23. The van der Waals surface area contributed by atoms with Crippen molar-refractivity contribution in [2.75, 3.05) is 0 Å². The molecule has 10 atom stereocenters. The maximum Gasteiger partial charge on any atom is 0.0689 e. The van der Waals surface area contributed by atoms with E-state index in [0.29, 0.717) is 0 Å². The highest BCUT2D eigenvalue weighted by Crippen LogP contribution is 3.13. The molecule has 0 aromatic heterocycles. The van der Waals surface area contributed by atoms with Crippen molar-refractivity contribution in [2.45, 2.75) is 0 Å². The lowest BCUT2D eigenvalue weighted by Gasteiger charge is -2.30. The molecule has 0 rings (SSSR count). The Morgan fingerprint density at radius 3 is 1.50 bits per heavy atom. The van der Waals surface area contributed by atoms with Gasteiger partial charge >= 0.3 is 0 Å². The van der Waals surface area contributed by atoms with Crippen LogP contribution in [0, 0.1) is 0 Å². The van der Waals surface area contributed by atoms with E-state index in [1.54, 1.807) is 0 Å². The van der Waals surface area contributed by atoms with Crippen LogP contribution in [0.2, 0.25) is 0 Å². The molecule has 0 radical (unpaired) electrons. The van der Waals surface area contributed by atoms with Gasteiger partial charge in [-0.05, 0) is 34.9 Å². The van der Waals surface area contributed by atoms with E-state index in [0.717, 1.165) is 7.96 Å². The van der Waals surface area contributed by atoms with E-state index in [1.807, 2.05) is 0 Å². The van der Waals surface area contributed by atoms with Crippen molar-refractivity contribution in [2.24, 2.45) is 0 Å². The van der Waals surface area contributed by atoms with Crippen molar-refractivity contribution >= 4 is 113 Å². The predicted molar refractivity (Wildman–Crippen MR) is 119 cm³/mol.